The molecule has 0 bridgehead atoms. The van der Waals surface area contributed by atoms with E-state index >= 15 is 0 Å². The van der Waals surface area contributed by atoms with Crippen LogP contribution in [0, 0.1) is 12.3 Å². The zero-order chi connectivity index (χ0) is 19.6. The highest BCUT2D eigenvalue weighted by Crippen LogP contribution is 2.30. The number of carboxylic acids is 1. The van der Waals surface area contributed by atoms with Crippen molar-refractivity contribution in [2.45, 2.75) is 39.2 Å². The Morgan fingerprint density at radius 3 is 2.26 bits per heavy atom. The smallest absolute Gasteiger partial charge is 0.317 e. The lowest BCUT2D eigenvalue weighted by atomic mass is 9.90. The molecule has 2 N–H and O–H groups in total. The van der Waals surface area contributed by atoms with Gasteiger partial charge in [-0.05, 0) is 45.2 Å². The molecule has 0 spiro atoms. The van der Waals surface area contributed by atoms with E-state index in [9.17, 15) is 19.5 Å². The maximum Gasteiger partial charge on any atom is 0.317 e. The lowest BCUT2D eigenvalue weighted by Gasteiger charge is -2.33. The summed E-state index contributed by atoms with van der Waals surface area (Å²) in [6, 6.07) is 7.36. The van der Waals surface area contributed by atoms with E-state index in [0.717, 1.165) is 5.56 Å². The molecule has 7 nitrogen and oxygen atoms in total. The van der Waals surface area contributed by atoms with E-state index in [4.69, 9.17) is 0 Å². The number of carbonyl (C=O) groups excluding carboxylic acids is 2. The third-order valence-electron chi connectivity index (χ3n) is 5.69. The minimum atomic E-state index is -0.860. The second-order valence-electron chi connectivity index (χ2n) is 7.92. The van der Waals surface area contributed by atoms with Crippen molar-refractivity contribution < 1.29 is 19.5 Å². The number of carboxylic acid groups (broad SMARTS) is 1. The number of nitrogens with zero attached hydrogens (tertiary/aromatic N) is 2. The van der Waals surface area contributed by atoms with Crippen LogP contribution in [-0.2, 0) is 4.79 Å². The molecule has 1 unspecified atom stereocenters. The summed E-state index contributed by atoms with van der Waals surface area (Å²) in [5.74, 6) is -0.836. The molecular formula is C20H27N3O4. The van der Waals surface area contributed by atoms with Crippen LogP contribution in [0.4, 0.5) is 4.79 Å². The molecular weight excluding hydrogens is 346 g/mol. The molecule has 0 radical (unpaired) electrons. The summed E-state index contributed by atoms with van der Waals surface area (Å²) in [7, 11) is 0. The van der Waals surface area contributed by atoms with Gasteiger partial charge in [-0.3, -0.25) is 9.59 Å². The summed E-state index contributed by atoms with van der Waals surface area (Å²) in [5.41, 5.74) is 0.947. The zero-order valence-electron chi connectivity index (χ0n) is 15.9. The SMILES string of the molecule is Cc1ccc(C(=O)N2CCC(NC(=O)N3CCC(C)(C(=O)O)C3)CC2)cc1. The monoisotopic (exact) mass is 373 g/mol. The van der Waals surface area contributed by atoms with Crippen molar-refractivity contribution in [2.24, 2.45) is 5.41 Å². The minimum Gasteiger partial charge on any atom is -0.481 e. The van der Waals surface area contributed by atoms with Crippen LogP contribution in [-0.4, -0.2) is 65.0 Å². The molecule has 0 aromatic heterocycles. The summed E-state index contributed by atoms with van der Waals surface area (Å²) >= 11 is 0. The molecule has 0 saturated carbocycles. The summed E-state index contributed by atoms with van der Waals surface area (Å²) in [6.07, 6.45) is 1.88. The Bertz CT molecular complexity index is 725. The molecule has 0 aliphatic carbocycles. The average molecular weight is 373 g/mol. The molecule has 1 aromatic rings. The Morgan fingerprint density at radius 2 is 1.70 bits per heavy atom. The van der Waals surface area contributed by atoms with E-state index in [2.05, 4.69) is 5.32 Å². The van der Waals surface area contributed by atoms with Crippen LogP contribution >= 0.6 is 0 Å². The summed E-state index contributed by atoms with van der Waals surface area (Å²) in [5, 5.41) is 12.3. The first-order chi connectivity index (χ1) is 12.8. The molecule has 7 heteroatoms. The van der Waals surface area contributed by atoms with Crippen molar-refractivity contribution >= 4 is 17.9 Å². The lowest BCUT2D eigenvalue weighted by molar-refractivity contribution is -0.147. The largest absolute Gasteiger partial charge is 0.481 e. The van der Waals surface area contributed by atoms with Gasteiger partial charge in [0, 0.05) is 37.8 Å². The van der Waals surface area contributed by atoms with Crippen molar-refractivity contribution in [1.29, 1.82) is 0 Å². The number of amides is 3. The molecule has 3 rings (SSSR count). The van der Waals surface area contributed by atoms with Gasteiger partial charge in [-0.1, -0.05) is 17.7 Å². The normalized spacial score (nSPS) is 23.3. The number of hydrogen-bond acceptors (Lipinski definition) is 3. The van der Waals surface area contributed by atoms with E-state index in [1.807, 2.05) is 36.1 Å². The van der Waals surface area contributed by atoms with E-state index in [1.165, 1.54) is 0 Å². The van der Waals surface area contributed by atoms with E-state index in [-0.39, 0.29) is 24.5 Å². The van der Waals surface area contributed by atoms with Crippen LogP contribution in [0.2, 0.25) is 0 Å². The van der Waals surface area contributed by atoms with Crippen molar-refractivity contribution in [3.63, 3.8) is 0 Å². The number of aryl methyl sites for hydroxylation is 1. The van der Waals surface area contributed by atoms with Crippen LogP contribution < -0.4 is 5.32 Å². The number of hydrogen-bond donors (Lipinski definition) is 2. The molecule has 2 aliphatic heterocycles. The van der Waals surface area contributed by atoms with Crippen molar-refractivity contribution in [3.8, 4) is 0 Å². The van der Waals surface area contributed by atoms with Gasteiger partial charge in [0.05, 0.1) is 5.41 Å². The van der Waals surface area contributed by atoms with Gasteiger partial charge in [-0.15, -0.1) is 0 Å². The van der Waals surface area contributed by atoms with Crippen LogP contribution in [0.5, 0.6) is 0 Å². The zero-order valence-corrected chi connectivity index (χ0v) is 15.9. The fourth-order valence-corrected chi connectivity index (χ4v) is 3.68. The molecule has 1 aromatic carbocycles. The molecule has 3 amide bonds. The molecule has 2 saturated heterocycles. The minimum absolute atomic E-state index is 0.0104. The van der Waals surface area contributed by atoms with Gasteiger partial charge < -0.3 is 20.2 Å². The maximum atomic E-state index is 12.6. The number of carbonyl (C=O) groups is 3. The van der Waals surface area contributed by atoms with Crippen LogP contribution in [0.15, 0.2) is 24.3 Å². The first-order valence-electron chi connectivity index (χ1n) is 9.43. The van der Waals surface area contributed by atoms with Gasteiger partial charge in [0.1, 0.15) is 0 Å². The fraction of sp³-hybridized carbons (Fsp3) is 0.550. The Morgan fingerprint density at radius 1 is 1.07 bits per heavy atom. The number of benzene rings is 1. The third kappa shape index (κ3) is 4.23. The van der Waals surface area contributed by atoms with Gasteiger partial charge in [0.25, 0.3) is 5.91 Å². The van der Waals surface area contributed by atoms with Gasteiger partial charge >= 0.3 is 12.0 Å². The molecule has 1 atom stereocenters. The summed E-state index contributed by atoms with van der Waals surface area (Å²) in [6.45, 7) is 5.56. The predicted octanol–water partition coefficient (Wildman–Crippen LogP) is 2.11. The fourth-order valence-electron chi connectivity index (χ4n) is 3.68. The van der Waals surface area contributed by atoms with E-state index in [0.29, 0.717) is 44.5 Å². The van der Waals surface area contributed by atoms with Crippen LogP contribution in [0.25, 0.3) is 0 Å². The highest BCUT2D eigenvalue weighted by Gasteiger charge is 2.42. The highest BCUT2D eigenvalue weighted by atomic mass is 16.4. The molecule has 2 aliphatic rings. The number of piperidine rings is 1. The van der Waals surface area contributed by atoms with Crippen molar-refractivity contribution in [2.75, 3.05) is 26.2 Å². The molecule has 146 valence electrons. The lowest BCUT2D eigenvalue weighted by Crippen LogP contribution is -2.50. The van der Waals surface area contributed by atoms with Gasteiger partial charge in [0.15, 0.2) is 0 Å². The first kappa shape index (κ1) is 19.2. The second kappa shape index (κ2) is 7.58. The highest BCUT2D eigenvalue weighted by molar-refractivity contribution is 5.94. The summed E-state index contributed by atoms with van der Waals surface area (Å²) < 4.78 is 0. The third-order valence-corrected chi connectivity index (χ3v) is 5.69. The van der Waals surface area contributed by atoms with E-state index < -0.39 is 11.4 Å². The number of nitrogens with one attached hydrogen (secondary N) is 1. The van der Waals surface area contributed by atoms with Gasteiger partial charge in [-0.2, -0.15) is 0 Å². The van der Waals surface area contributed by atoms with Crippen molar-refractivity contribution in [3.05, 3.63) is 35.4 Å². The first-order valence-corrected chi connectivity index (χ1v) is 9.43. The van der Waals surface area contributed by atoms with Crippen LogP contribution in [0.1, 0.15) is 42.1 Å². The Balaban J connectivity index is 1.48. The second-order valence-corrected chi connectivity index (χ2v) is 7.92. The topological polar surface area (TPSA) is 90.0 Å². The standard InChI is InChI=1S/C20H27N3O4/c1-14-3-5-15(6-4-14)17(24)22-10-7-16(8-11-22)21-19(27)23-12-9-20(2,13-23)18(25)26/h3-6,16H,7-13H2,1-2H3,(H,21,27)(H,25,26). The average Bonchev–Trinajstić information content (AvgIpc) is 3.06. The van der Waals surface area contributed by atoms with Crippen molar-refractivity contribution in [1.82, 2.24) is 15.1 Å². The predicted molar refractivity (Wildman–Crippen MR) is 101 cm³/mol. The maximum absolute atomic E-state index is 12.6. The van der Waals surface area contributed by atoms with Gasteiger partial charge in [-0.25, -0.2) is 4.79 Å². The molecule has 27 heavy (non-hydrogen) atoms. The van der Waals surface area contributed by atoms with Crippen LogP contribution in [0.3, 0.4) is 0 Å². The number of likely N-dealkylation sites (tertiary alicyclic amines) is 2. The van der Waals surface area contributed by atoms with Gasteiger partial charge in [0.2, 0.25) is 0 Å². The molecule has 2 fully saturated rings. The Hall–Kier alpha value is -2.57. The Kier molecular flexibility index (Phi) is 5.39. The van der Waals surface area contributed by atoms with E-state index in [1.54, 1.807) is 11.8 Å². The molecule has 2 heterocycles. The number of aliphatic carboxylic acids is 1. The quantitative estimate of drug-likeness (QED) is 0.849. The number of rotatable bonds is 3. The number of urea groups is 1. The Labute approximate surface area is 159 Å². The summed E-state index contributed by atoms with van der Waals surface area (Å²) in [4.78, 5) is 39.7.